The van der Waals surface area contributed by atoms with Gasteiger partial charge in [0, 0.05) is 13.1 Å². The number of urea groups is 1. The van der Waals surface area contributed by atoms with E-state index in [1.807, 2.05) is 0 Å². The Morgan fingerprint density at radius 3 is 2.50 bits per heavy atom. The molecule has 0 aromatic heterocycles. The van der Waals surface area contributed by atoms with E-state index in [4.69, 9.17) is 0 Å². The number of hydrogen-bond donors (Lipinski definition) is 2. The van der Waals surface area contributed by atoms with E-state index in [1.54, 1.807) is 0 Å². The van der Waals surface area contributed by atoms with Gasteiger partial charge in [0.15, 0.2) is 0 Å². The standard InChI is InChI=1S/C12H25N3O/c1-4-7-13-11(16)14-10-12(2)5-8-15(3)9-6-12/h4-10H2,1-3H3,(H2,13,14,16). The number of nitrogens with zero attached hydrogens (tertiary/aromatic N) is 1. The molecule has 0 spiro atoms. The van der Waals surface area contributed by atoms with E-state index in [0.29, 0.717) is 0 Å². The fourth-order valence-corrected chi connectivity index (χ4v) is 1.93. The van der Waals surface area contributed by atoms with E-state index >= 15 is 0 Å². The number of piperidine rings is 1. The predicted octanol–water partition coefficient (Wildman–Crippen LogP) is 1.43. The number of carbonyl (C=O) groups is 1. The minimum atomic E-state index is -0.0259. The SMILES string of the molecule is CCCNC(=O)NCC1(C)CCN(C)CC1. The van der Waals surface area contributed by atoms with Gasteiger partial charge in [0.25, 0.3) is 0 Å². The van der Waals surface area contributed by atoms with Crippen molar-refractivity contribution in [3.05, 3.63) is 0 Å². The molecule has 0 bridgehead atoms. The number of hydrogen-bond acceptors (Lipinski definition) is 2. The first-order valence-electron chi connectivity index (χ1n) is 6.26. The van der Waals surface area contributed by atoms with Crippen LogP contribution in [0.25, 0.3) is 0 Å². The molecule has 1 aliphatic heterocycles. The van der Waals surface area contributed by atoms with Crippen LogP contribution in [0.2, 0.25) is 0 Å². The summed E-state index contributed by atoms with van der Waals surface area (Å²) in [5.74, 6) is 0. The third-order valence-electron chi connectivity index (χ3n) is 3.41. The Morgan fingerprint density at radius 1 is 1.31 bits per heavy atom. The zero-order valence-electron chi connectivity index (χ0n) is 10.8. The Bertz CT molecular complexity index is 222. The molecule has 2 N–H and O–H groups in total. The molecule has 0 radical (unpaired) electrons. The molecule has 0 atom stereocenters. The summed E-state index contributed by atoms with van der Waals surface area (Å²) < 4.78 is 0. The highest BCUT2D eigenvalue weighted by Crippen LogP contribution is 2.29. The Hall–Kier alpha value is -0.770. The van der Waals surface area contributed by atoms with Crippen LogP contribution < -0.4 is 10.6 Å². The van der Waals surface area contributed by atoms with Crippen molar-refractivity contribution in [2.45, 2.75) is 33.1 Å². The highest BCUT2D eigenvalue weighted by Gasteiger charge is 2.28. The third kappa shape index (κ3) is 4.39. The van der Waals surface area contributed by atoms with Crippen LogP contribution in [0.15, 0.2) is 0 Å². The molecule has 1 saturated heterocycles. The van der Waals surface area contributed by atoms with Gasteiger partial charge in [-0.3, -0.25) is 0 Å². The number of carbonyl (C=O) groups excluding carboxylic acids is 1. The average Bonchev–Trinajstić information content (AvgIpc) is 2.28. The zero-order chi connectivity index (χ0) is 12.0. The summed E-state index contributed by atoms with van der Waals surface area (Å²) in [5, 5.41) is 5.81. The summed E-state index contributed by atoms with van der Waals surface area (Å²) in [6.07, 6.45) is 3.31. The molecule has 4 heteroatoms. The largest absolute Gasteiger partial charge is 0.338 e. The minimum Gasteiger partial charge on any atom is -0.338 e. The maximum atomic E-state index is 11.4. The van der Waals surface area contributed by atoms with Crippen molar-refractivity contribution in [2.24, 2.45) is 5.41 Å². The van der Waals surface area contributed by atoms with Crippen LogP contribution in [0.3, 0.4) is 0 Å². The highest BCUT2D eigenvalue weighted by atomic mass is 16.2. The summed E-state index contributed by atoms with van der Waals surface area (Å²) in [6.45, 7) is 8.13. The van der Waals surface area contributed by atoms with E-state index in [0.717, 1.165) is 45.4 Å². The Kier molecular flexibility index (Phi) is 5.06. The maximum Gasteiger partial charge on any atom is 0.314 e. The molecule has 1 aliphatic rings. The van der Waals surface area contributed by atoms with Gasteiger partial charge in [0.2, 0.25) is 0 Å². The van der Waals surface area contributed by atoms with Crippen LogP contribution in [-0.4, -0.2) is 44.2 Å². The smallest absolute Gasteiger partial charge is 0.314 e. The molecule has 4 nitrogen and oxygen atoms in total. The summed E-state index contributed by atoms with van der Waals surface area (Å²) in [6, 6.07) is -0.0259. The first-order chi connectivity index (χ1) is 7.56. The first-order valence-corrected chi connectivity index (χ1v) is 6.26. The van der Waals surface area contributed by atoms with Crippen molar-refractivity contribution in [3.8, 4) is 0 Å². The van der Waals surface area contributed by atoms with Crippen LogP contribution in [0, 0.1) is 5.41 Å². The van der Waals surface area contributed by atoms with Crippen LogP contribution >= 0.6 is 0 Å². The van der Waals surface area contributed by atoms with Crippen molar-refractivity contribution in [3.63, 3.8) is 0 Å². The van der Waals surface area contributed by atoms with Gasteiger partial charge in [0.1, 0.15) is 0 Å². The second kappa shape index (κ2) is 6.09. The first kappa shape index (κ1) is 13.3. The third-order valence-corrected chi connectivity index (χ3v) is 3.41. The van der Waals surface area contributed by atoms with Crippen LogP contribution in [0.1, 0.15) is 33.1 Å². The summed E-state index contributed by atoms with van der Waals surface area (Å²) in [5.41, 5.74) is 0.274. The fraction of sp³-hybridized carbons (Fsp3) is 0.917. The fourth-order valence-electron chi connectivity index (χ4n) is 1.93. The van der Waals surface area contributed by atoms with E-state index < -0.39 is 0 Å². The Morgan fingerprint density at radius 2 is 1.94 bits per heavy atom. The van der Waals surface area contributed by atoms with Crippen molar-refractivity contribution >= 4 is 6.03 Å². The van der Waals surface area contributed by atoms with Gasteiger partial charge < -0.3 is 15.5 Å². The number of nitrogens with one attached hydrogen (secondary N) is 2. The molecule has 0 aliphatic carbocycles. The second-order valence-electron chi connectivity index (χ2n) is 5.22. The van der Waals surface area contributed by atoms with Crippen molar-refractivity contribution in [1.29, 1.82) is 0 Å². The Balaban J connectivity index is 2.23. The molecule has 16 heavy (non-hydrogen) atoms. The van der Waals surface area contributed by atoms with Gasteiger partial charge >= 0.3 is 6.03 Å². The molecular weight excluding hydrogens is 202 g/mol. The van der Waals surface area contributed by atoms with Gasteiger partial charge in [0.05, 0.1) is 0 Å². The molecule has 0 aromatic carbocycles. The summed E-state index contributed by atoms with van der Waals surface area (Å²) in [7, 11) is 2.15. The average molecular weight is 227 g/mol. The van der Waals surface area contributed by atoms with Crippen molar-refractivity contribution in [1.82, 2.24) is 15.5 Å². The quantitative estimate of drug-likeness (QED) is 0.763. The lowest BCUT2D eigenvalue weighted by atomic mass is 9.80. The lowest BCUT2D eigenvalue weighted by molar-refractivity contribution is 0.138. The molecule has 0 aromatic rings. The lowest BCUT2D eigenvalue weighted by Gasteiger charge is -2.37. The van der Waals surface area contributed by atoms with Crippen LogP contribution in [0.4, 0.5) is 4.79 Å². The van der Waals surface area contributed by atoms with Crippen LogP contribution in [0.5, 0.6) is 0 Å². The predicted molar refractivity (Wildman–Crippen MR) is 66.5 cm³/mol. The van der Waals surface area contributed by atoms with E-state index in [1.165, 1.54) is 0 Å². The molecule has 1 heterocycles. The Labute approximate surface area is 98.8 Å². The molecule has 1 fully saturated rings. The number of amides is 2. The number of likely N-dealkylation sites (tertiary alicyclic amines) is 1. The van der Waals surface area contributed by atoms with Gasteiger partial charge in [-0.15, -0.1) is 0 Å². The normalized spacial score (nSPS) is 20.4. The van der Waals surface area contributed by atoms with Gasteiger partial charge in [-0.25, -0.2) is 4.79 Å². The topological polar surface area (TPSA) is 44.4 Å². The van der Waals surface area contributed by atoms with E-state index in [9.17, 15) is 4.79 Å². The van der Waals surface area contributed by atoms with Gasteiger partial charge in [-0.2, -0.15) is 0 Å². The van der Waals surface area contributed by atoms with Gasteiger partial charge in [-0.05, 0) is 44.8 Å². The lowest BCUT2D eigenvalue weighted by Crippen LogP contribution is -2.46. The molecule has 0 unspecified atom stereocenters. The summed E-state index contributed by atoms with van der Waals surface area (Å²) >= 11 is 0. The van der Waals surface area contributed by atoms with E-state index in [-0.39, 0.29) is 11.4 Å². The molecule has 2 amide bonds. The van der Waals surface area contributed by atoms with Gasteiger partial charge in [-0.1, -0.05) is 13.8 Å². The maximum absolute atomic E-state index is 11.4. The monoisotopic (exact) mass is 227 g/mol. The highest BCUT2D eigenvalue weighted by molar-refractivity contribution is 5.73. The molecular formula is C12H25N3O. The molecule has 1 rings (SSSR count). The zero-order valence-corrected chi connectivity index (χ0v) is 10.8. The summed E-state index contributed by atoms with van der Waals surface area (Å²) in [4.78, 5) is 13.8. The van der Waals surface area contributed by atoms with E-state index in [2.05, 4.69) is 36.4 Å². The second-order valence-corrected chi connectivity index (χ2v) is 5.22. The number of rotatable bonds is 4. The van der Waals surface area contributed by atoms with Crippen molar-refractivity contribution < 1.29 is 4.79 Å². The van der Waals surface area contributed by atoms with Crippen LogP contribution in [-0.2, 0) is 0 Å². The van der Waals surface area contributed by atoms with Crippen molar-refractivity contribution in [2.75, 3.05) is 33.2 Å². The molecule has 94 valence electrons. The molecule has 0 saturated carbocycles. The minimum absolute atomic E-state index is 0.0259.